The Balaban J connectivity index is 1.16. The highest BCUT2D eigenvalue weighted by atomic mass is 19.1. The molecule has 0 N–H and O–H groups in total. The van der Waals surface area contributed by atoms with Crippen LogP contribution in [0.25, 0.3) is 154 Å². The fourth-order valence-electron chi connectivity index (χ4n) is 15.3. The minimum atomic E-state index is -1.08. The Hall–Kier alpha value is -11.3. The maximum Gasteiger partial charge on any atom is 0.131 e. The summed E-state index contributed by atoms with van der Waals surface area (Å²) in [5, 5.41) is 10.7. The molecule has 13 aromatic carbocycles. The molecule has 0 radical (unpaired) electrons. The van der Waals surface area contributed by atoms with E-state index in [1.54, 1.807) is 24.3 Å². The summed E-state index contributed by atoms with van der Waals surface area (Å²) in [5.74, 6) is -0.786. The third-order valence-corrected chi connectivity index (χ3v) is 18.8. The molecule has 5 heterocycles. The van der Waals surface area contributed by atoms with Crippen LogP contribution in [0.2, 0.25) is 0 Å². The zero-order valence-corrected chi connectivity index (χ0v) is 48.1. The second-order valence-corrected chi connectivity index (χ2v) is 23.7. The molecular formula is C81H53F2N5. The van der Waals surface area contributed by atoms with E-state index in [2.05, 4.69) is 273 Å². The van der Waals surface area contributed by atoms with Crippen molar-refractivity contribution in [2.75, 3.05) is 0 Å². The molecule has 0 aliphatic carbocycles. The number of benzene rings is 13. The molecule has 0 fully saturated rings. The number of rotatable bonds is 8. The van der Waals surface area contributed by atoms with Gasteiger partial charge in [-0.25, -0.2) is 8.78 Å². The maximum atomic E-state index is 18.1. The topological polar surface area (TPSA) is 24.6 Å². The molecule has 88 heavy (non-hydrogen) atoms. The van der Waals surface area contributed by atoms with E-state index in [-0.39, 0.29) is 0 Å². The molecule has 0 saturated carbocycles. The molecule has 0 aliphatic rings. The van der Waals surface area contributed by atoms with Crippen LogP contribution < -0.4 is 0 Å². The summed E-state index contributed by atoms with van der Waals surface area (Å²) < 4.78 is 48.3. The van der Waals surface area contributed by atoms with Gasteiger partial charge in [-0.2, -0.15) is 0 Å². The van der Waals surface area contributed by atoms with Gasteiger partial charge < -0.3 is 22.8 Å². The smallest absolute Gasteiger partial charge is 0.131 e. The van der Waals surface area contributed by atoms with Crippen LogP contribution in [0.4, 0.5) is 8.78 Å². The Morgan fingerprint density at radius 2 is 0.580 bits per heavy atom. The lowest BCUT2D eigenvalue weighted by molar-refractivity contribution is 0.462. The predicted molar refractivity (Wildman–Crippen MR) is 362 cm³/mol. The summed E-state index contributed by atoms with van der Waals surface area (Å²) in [6.07, 6.45) is 0. The van der Waals surface area contributed by atoms with Crippen LogP contribution in [0.15, 0.2) is 285 Å². The van der Waals surface area contributed by atoms with Crippen molar-refractivity contribution >= 4 is 109 Å². The molecule has 0 saturated heterocycles. The third kappa shape index (κ3) is 6.89. The molecule has 0 bridgehead atoms. The van der Waals surface area contributed by atoms with Gasteiger partial charge in [0.15, 0.2) is 0 Å². The van der Waals surface area contributed by atoms with Crippen molar-refractivity contribution in [3.05, 3.63) is 302 Å². The van der Waals surface area contributed by atoms with E-state index in [1.165, 1.54) is 0 Å². The van der Waals surface area contributed by atoms with Crippen LogP contribution in [0.5, 0.6) is 0 Å². The van der Waals surface area contributed by atoms with Crippen molar-refractivity contribution in [2.45, 2.75) is 19.4 Å². The van der Waals surface area contributed by atoms with Gasteiger partial charge in [0.1, 0.15) is 11.6 Å². The number of hydrogen-bond acceptors (Lipinski definition) is 0. The summed E-state index contributed by atoms with van der Waals surface area (Å²) in [4.78, 5) is 0. The third-order valence-electron chi connectivity index (χ3n) is 18.8. The molecule has 0 aliphatic heterocycles. The average Bonchev–Trinajstić information content (AvgIpc) is 1.48. The Bertz CT molecular complexity index is 5580. The molecule has 7 heteroatoms. The molecule has 0 atom stereocenters. The van der Waals surface area contributed by atoms with Crippen LogP contribution >= 0.6 is 0 Å². The first-order valence-electron chi connectivity index (χ1n) is 30.1. The molecule has 5 nitrogen and oxygen atoms in total. The molecule has 0 unspecified atom stereocenters. The van der Waals surface area contributed by atoms with Gasteiger partial charge in [0.25, 0.3) is 0 Å². The fourth-order valence-corrected chi connectivity index (χ4v) is 15.3. The van der Waals surface area contributed by atoms with Gasteiger partial charge in [-0.3, -0.25) is 0 Å². The van der Waals surface area contributed by atoms with Crippen LogP contribution in [-0.2, 0) is 5.54 Å². The first kappa shape index (κ1) is 50.1. The Labute approximate surface area is 504 Å². The zero-order chi connectivity index (χ0) is 58.5. The second kappa shape index (κ2) is 18.9. The first-order chi connectivity index (χ1) is 43.3. The van der Waals surface area contributed by atoms with Gasteiger partial charge in [-0.15, -0.1) is 0 Å². The van der Waals surface area contributed by atoms with Gasteiger partial charge in [-0.05, 0) is 105 Å². The number of fused-ring (bicyclic) bond motifs is 17. The summed E-state index contributed by atoms with van der Waals surface area (Å²) in [5.41, 5.74) is 15.5. The molecule has 18 rings (SSSR count). The van der Waals surface area contributed by atoms with E-state index >= 15 is 8.78 Å². The zero-order valence-electron chi connectivity index (χ0n) is 48.1. The predicted octanol–water partition coefficient (Wildman–Crippen LogP) is 21.6. The number of aromatic nitrogens is 5. The lowest BCUT2D eigenvalue weighted by atomic mass is 9.82. The highest BCUT2D eigenvalue weighted by Crippen LogP contribution is 2.54. The largest absolute Gasteiger partial charge is 0.330 e. The summed E-state index contributed by atoms with van der Waals surface area (Å²) in [7, 11) is 0. The van der Waals surface area contributed by atoms with Crippen molar-refractivity contribution in [3.63, 3.8) is 0 Å². The number of nitrogens with zero attached hydrogens (tertiary/aromatic N) is 5. The van der Waals surface area contributed by atoms with Crippen molar-refractivity contribution in [2.24, 2.45) is 0 Å². The van der Waals surface area contributed by atoms with Crippen molar-refractivity contribution in [3.8, 4) is 45.0 Å². The van der Waals surface area contributed by atoms with Gasteiger partial charge in [0.2, 0.25) is 0 Å². The normalized spacial score (nSPS) is 12.3. The standard InChI is InChI=1S/C81H53F2N5/c1-81(2,88-70-43-23-13-31-54(70)55-32-14-24-44-71(55)88)76-79(86-66-39-19-11-33-56(66)58-45-47-72-74(77(58)86)60-35-15-21-41-68(60)84(72)50-25-5-3-6-26-50)62(52-29-9-17-37-64(52)82)49-63(53-30-10-18-38-65(53)83)80(76)87-67-40-20-12-34-57(67)59-46-48-73-75(78(59)87)61-36-16-22-42-69(61)85(73)51-27-7-4-8-28-51/h3-49H,1-2H3. The lowest BCUT2D eigenvalue weighted by Crippen LogP contribution is -2.31. The lowest BCUT2D eigenvalue weighted by Gasteiger charge is -2.37. The van der Waals surface area contributed by atoms with Gasteiger partial charge in [-0.1, -0.05) is 194 Å². The number of hydrogen-bond donors (Lipinski definition) is 0. The van der Waals surface area contributed by atoms with Crippen molar-refractivity contribution < 1.29 is 8.78 Å². The van der Waals surface area contributed by atoms with Gasteiger partial charge in [0, 0.05) is 104 Å². The highest BCUT2D eigenvalue weighted by Gasteiger charge is 2.40. The van der Waals surface area contributed by atoms with Gasteiger partial charge >= 0.3 is 0 Å². The van der Waals surface area contributed by atoms with Gasteiger partial charge in [0.05, 0.1) is 61.0 Å². The fraction of sp³-hybridized carbons (Fsp3) is 0.0370. The van der Waals surface area contributed by atoms with Crippen molar-refractivity contribution in [1.29, 1.82) is 0 Å². The minimum Gasteiger partial charge on any atom is -0.330 e. The molecule has 416 valence electrons. The Kier molecular flexibility index (Phi) is 10.7. The molecule has 0 spiro atoms. The molecular weight excluding hydrogens is 1080 g/mol. The van der Waals surface area contributed by atoms with Crippen LogP contribution in [0.1, 0.15) is 19.4 Å². The molecule has 18 aromatic rings. The monoisotopic (exact) mass is 1130 g/mol. The van der Waals surface area contributed by atoms with E-state index in [1.807, 2.05) is 24.3 Å². The second-order valence-electron chi connectivity index (χ2n) is 23.7. The summed E-state index contributed by atoms with van der Waals surface area (Å²) in [6, 6.07) is 98.6. The van der Waals surface area contributed by atoms with E-state index in [0.717, 1.165) is 137 Å². The van der Waals surface area contributed by atoms with E-state index < -0.39 is 17.2 Å². The quantitative estimate of drug-likeness (QED) is 0.145. The van der Waals surface area contributed by atoms with E-state index in [0.29, 0.717) is 22.3 Å². The number of halogens is 2. The average molecular weight is 1130 g/mol. The highest BCUT2D eigenvalue weighted by molar-refractivity contribution is 6.28. The van der Waals surface area contributed by atoms with Crippen LogP contribution in [0, 0.1) is 11.6 Å². The van der Waals surface area contributed by atoms with Crippen LogP contribution in [0.3, 0.4) is 0 Å². The molecule has 0 amide bonds. The Morgan fingerprint density at radius 3 is 0.977 bits per heavy atom. The maximum absolute atomic E-state index is 18.1. The number of para-hydroxylation sites is 8. The Morgan fingerprint density at radius 1 is 0.261 bits per heavy atom. The minimum absolute atomic E-state index is 0.390. The SMILES string of the molecule is CC(C)(c1c(-n2c3ccccc3c3ccc4c(c5ccccc5n4-c4ccccc4)c32)c(-c2ccccc2F)cc(-c2ccccc2F)c1-n1c2ccccc2c2ccc3c(c4ccccc4n3-c3ccccc3)c21)n1c2ccccc2c2ccccc21. The summed E-state index contributed by atoms with van der Waals surface area (Å²) >= 11 is 0. The van der Waals surface area contributed by atoms with E-state index in [9.17, 15) is 0 Å². The first-order valence-corrected chi connectivity index (χ1v) is 30.1. The molecule has 5 aromatic heterocycles. The van der Waals surface area contributed by atoms with Crippen LogP contribution in [-0.4, -0.2) is 22.8 Å². The van der Waals surface area contributed by atoms with Crippen molar-refractivity contribution in [1.82, 2.24) is 22.8 Å². The summed E-state index contributed by atoms with van der Waals surface area (Å²) in [6.45, 7) is 4.64. The van der Waals surface area contributed by atoms with E-state index in [4.69, 9.17) is 0 Å².